The Morgan fingerprint density at radius 2 is 0.652 bits per heavy atom. The zero-order valence-electron chi connectivity index (χ0n) is 11.2. The Labute approximate surface area is 135 Å². The van der Waals surface area contributed by atoms with E-state index in [0.717, 1.165) is 0 Å². The van der Waals surface area contributed by atoms with Gasteiger partial charge in [-0.05, 0) is 0 Å². The van der Waals surface area contributed by atoms with Crippen LogP contribution >= 0.6 is 0 Å². The molecule has 0 spiro atoms. The summed E-state index contributed by atoms with van der Waals surface area (Å²) in [5, 5.41) is 0. The summed E-state index contributed by atoms with van der Waals surface area (Å²) >= 11 is 0. The third kappa shape index (κ3) is 4.27. The third-order valence-corrected chi connectivity index (χ3v) is 9.74. The van der Waals surface area contributed by atoms with E-state index >= 15 is 0 Å². The molecule has 23 heavy (non-hydrogen) atoms. The fraction of sp³-hybridized carbons (Fsp3) is 1.00. The maximum atomic E-state index is 12.1. The maximum Gasteiger partial charge on any atom is 1.00 e. The molecule has 0 amide bonds. The SMILES string of the molecule is O=S(=O)(C(S(=O)(=O)C(F)(F)F)S(=O)(=O)C(F)(F)F)C(F)(F)F.[H-].[Li+]. The first-order valence-corrected chi connectivity index (χ1v) is 8.66. The minimum Gasteiger partial charge on any atom is -1.00 e. The summed E-state index contributed by atoms with van der Waals surface area (Å²) in [5.41, 5.74) is -21.1. The van der Waals surface area contributed by atoms with Crippen LogP contribution in [0.1, 0.15) is 1.43 Å². The molecule has 0 aromatic carbocycles. The summed E-state index contributed by atoms with van der Waals surface area (Å²) in [4.78, 5) is 0. The summed E-state index contributed by atoms with van der Waals surface area (Å²) in [7, 11) is -23.8. The van der Waals surface area contributed by atoms with Gasteiger partial charge in [-0.25, -0.2) is 25.3 Å². The largest absolute Gasteiger partial charge is 1.00 e. The second-order valence-corrected chi connectivity index (χ2v) is 10.2. The van der Waals surface area contributed by atoms with Crippen molar-refractivity contribution in [2.75, 3.05) is 0 Å². The number of hydrogen-bond acceptors (Lipinski definition) is 6. The van der Waals surface area contributed by atoms with Crippen molar-refractivity contribution in [3.8, 4) is 0 Å². The molecule has 0 saturated heterocycles. The minimum atomic E-state index is -7.94. The minimum absolute atomic E-state index is 0. The van der Waals surface area contributed by atoms with Crippen molar-refractivity contribution < 1.29 is 85.1 Å². The number of hydrogen-bond donors (Lipinski definition) is 0. The average molecular weight is 420 g/mol. The molecule has 0 aliphatic heterocycles. The van der Waals surface area contributed by atoms with Gasteiger partial charge in [0.1, 0.15) is 0 Å². The van der Waals surface area contributed by atoms with Gasteiger partial charge in [0.25, 0.3) is 33.4 Å². The standard InChI is InChI=1S/C4HF9O6S3.Li.H/c5-2(6,7)20(14,15)1(21(16,17)3(8,9)10)22(18,19)4(11,12)13;;/h1H;;/q;+1;-1. The second kappa shape index (κ2) is 6.27. The molecule has 0 radical (unpaired) electrons. The predicted molar refractivity (Wildman–Crippen MR) is 49.8 cm³/mol. The number of halogens is 9. The molecule has 19 heteroatoms. The van der Waals surface area contributed by atoms with Crippen molar-refractivity contribution in [3.05, 3.63) is 0 Å². The van der Waals surface area contributed by atoms with E-state index in [1.807, 2.05) is 0 Å². The molecule has 0 aromatic rings. The first-order valence-electron chi connectivity index (χ1n) is 4.02. The quantitative estimate of drug-likeness (QED) is 0.394. The van der Waals surface area contributed by atoms with Crippen LogP contribution < -0.4 is 18.9 Å². The fourth-order valence-electron chi connectivity index (χ4n) is 0.828. The van der Waals surface area contributed by atoms with Crippen molar-refractivity contribution in [2.24, 2.45) is 0 Å². The van der Waals surface area contributed by atoms with E-state index in [0.29, 0.717) is 0 Å². The van der Waals surface area contributed by atoms with E-state index in [2.05, 4.69) is 0 Å². The predicted octanol–water partition coefficient (Wildman–Crippen LogP) is -1.81. The van der Waals surface area contributed by atoms with Crippen LogP contribution in [-0.4, -0.2) is 45.7 Å². The van der Waals surface area contributed by atoms with Crippen LogP contribution in [0.3, 0.4) is 0 Å². The monoisotopic (exact) mass is 420 g/mol. The van der Waals surface area contributed by atoms with Crippen LogP contribution in [0.2, 0.25) is 0 Å². The molecule has 0 bridgehead atoms. The zero-order valence-corrected chi connectivity index (χ0v) is 12.6. The molecule has 0 aliphatic carbocycles. The van der Waals surface area contributed by atoms with E-state index < -0.39 is 50.0 Å². The fourth-order valence-corrected chi connectivity index (χ4v) is 7.45. The maximum absolute atomic E-state index is 12.1. The van der Waals surface area contributed by atoms with Gasteiger partial charge < -0.3 is 1.43 Å². The molecule has 6 nitrogen and oxygen atoms in total. The molecule has 136 valence electrons. The molecule has 0 heterocycles. The van der Waals surface area contributed by atoms with Gasteiger partial charge in [-0.3, -0.25) is 0 Å². The van der Waals surface area contributed by atoms with Crippen molar-refractivity contribution in [1.82, 2.24) is 0 Å². The van der Waals surface area contributed by atoms with Gasteiger partial charge in [0, 0.05) is 0 Å². The van der Waals surface area contributed by atoms with Crippen molar-refractivity contribution >= 4 is 29.5 Å². The molecule has 0 rings (SSSR count). The summed E-state index contributed by atoms with van der Waals surface area (Å²) in [6, 6.07) is 0. The van der Waals surface area contributed by atoms with Gasteiger partial charge in [-0.2, -0.15) is 39.5 Å². The summed E-state index contributed by atoms with van der Waals surface area (Å²) < 4.78 is 167. The van der Waals surface area contributed by atoms with Crippen molar-refractivity contribution in [2.45, 2.75) is 20.4 Å². The molecule has 0 unspecified atom stereocenters. The number of alkyl halides is 9. The summed E-state index contributed by atoms with van der Waals surface area (Å²) in [6.07, 6.45) is 0. The first-order chi connectivity index (χ1) is 9.12. The van der Waals surface area contributed by atoms with Gasteiger partial charge >= 0.3 is 35.4 Å². The molecule has 0 aromatic heterocycles. The van der Waals surface area contributed by atoms with E-state index in [9.17, 15) is 64.8 Å². The Hall–Kier alpha value is -0.183. The number of rotatable bonds is 3. The Morgan fingerprint density at radius 3 is 0.739 bits per heavy atom. The van der Waals surface area contributed by atoms with Crippen LogP contribution in [0.25, 0.3) is 0 Å². The van der Waals surface area contributed by atoms with Gasteiger partial charge in [-0.15, -0.1) is 0 Å². The van der Waals surface area contributed by atoms with Crippen LogP contribution in [0.5, 0.6) is 0 Å². The van der Waals surface area contributed by atoms with Gasteiger partial charge in [-0.1, -0.05) is 0 Å². The Morgan fingerprint density at radius 1 is 0.522 bits per heavy atom. The van der Waals surface area contributed by atoms with Crippen LogP contribution in [0.15, 0.2) is 0 Å². The van der Waals surface area contributed by atoms with E-state index in [4.69, 9.17) is 0 Å². The normalized spacial score (nSPS) is 15.4. The second-order valence-electron chi connectivity index (χ2n) is 3.26. The van der Waals surface area contributed by atoms with Gasteiger partial charge in [0.2, 0.25) is 0 Å². The van der Waals surface area contributed by atoms with E-state index in [-0.39, 0.29) is 20.3 Å². The summed E-state index contributed by atoms with van der Waals surface area (Å²) in [5.74, 6) is 0. The Bertz CT molecular complexity index is 640. The molecular formula is C4H2F9LiO6S3. The molecule has 0 saturated carbocycles. The molecule has 0 atom stereocenters. The van der Waals surface area contributed by atoms with Crippen LogP contribution in [0.4, 0.5) is 39.5 Å². The molecule has 0 fully saturated rings. The summed E-state index contributed by atoms with van der Waals surface area (Å²) in [6.45, 7) is 0. The topological polar surface area (TPSA) is 102 Å². The number of sulfone groups is 3. The van der Waals surface area contributed by atoms with Crippen LogP contribution in [-0.2, 0) is 29.5 Å². The molecule has 0 N–H and O–H groups in total. The molecular weight excluding hydrogens is 418 g/mol. The first kappa shape index (κ1) is 25.1. The van der Waals surface area contributed by atoms with Gasteiger partial charge in [0.05, 0.1) is 0 Å². The Balaban J connectivity index is -0.00000220. The van der Waals surface area contributed by atoms with Gasteiger partial charge in [0.15, 0.2) is 0 Å². The van der Waals surface area contributed by atoms with E-state index in [1.165, 1.54) is 0 Å². The Kier molecular flexibility index (Phi) is 6.84. The average Bonchev–Trinajstić information content (AvgIpc) is 2.09. The molecule has 0 aliphatic rings. The van der Waals surface area contributed by atoms with Crippen molar-refractivity contribution in [3.63, 3.8) is 0 Å². The van der Waals surface area contributed by atoms with E-state index in [1.54, 1.807) is 0 Å². The smallest absolute Gasteiger partial charge is 1.00 e. The zero-order chi connectivity index (χ0) is 18.6. The van der Waals surface area contributed by atoms with Crippen LogP contribution in [0, 0.1) is 0 Å². The third-order valence-electron chi connectivity index (χ3n) is 1.73. The van der Waals surface area contributed by atoms with Crippen molar-refractivity contribution in [1.29, 1.82) is 0 Å².